The number of furan rings is 1. The Morgan fingerprint density at radius 2 is 1.88 bits per heavy atom. The number of aryl methyl sites for hydroxylation is 1. The van der Waals surface area contributed by atoms with Crippen molar-refractivity contribution in [1.29, 1.82) is 0 Å². The van der Waals surface area contributed by atoms with Crippen molar-refractivity contribution in [2.24, 2.45) is 5.92 Å². The van der Waals surface area contributed by atoms with Crippen LogP contribution in [-0.2, 0) is 4.79 Å². The third-order valence-electron chi connectivity index (χ3n) is 6.63. The number of anilines is 1. The number of hydrogen-bond donors (Lipinski definition) is 2. The maximum Gasteiger partial charge on any atom is 0.305 e. The molecular weight excluding hydrogens is 498 g/mol. The molecule has 7 nitrogen and oxygen atoms in total. The molecule has 0 radical (unpaired) electrons. The number of nitrogens with zero attached hydrogens (tertiary/aromatic N) is 2. The Labute approximate surface area is 207 Å². The van der Waals surface area contributed by atoms with Gasteiger partial charge in [0.25, 0.3) is 5.91 Å². The number of pyridine rings is 1. The fraction of sp³-hybridized carbons (Fsp3) is 0.423. The van der Waals surface area contributed by atoms with Crippen molar-refractivity contribution >= 4 is 44.6 Å². The largest absolute Gasteiger partial charge is 0.481 e. The summed E-state index contributed by atoms with van der Waals surface area (Å²) in [7, 11) is 1.62. The van der Waals surface area contributed by atoms with Crippen LogP contribution in [0.15, 0.2) is 45.4 Å². The van der Waals surface area contributed by atoms with Gasteiger partial charge in [-0.15, -0.1) is 0 Å². The summed E-state index contributed by atoms with van der Waals surface area (Å²) in [6, 6.07) is 11.2. The number of rotatable bonds is 8. The van der Waals surface area contributed by atoms with Crippen LogP contribution in [0, 0.1) is 12.8 Å². The van der Waals surface area contributed by atoms with Gasteiger partial charge in [0.15, 0.2) is 5.58 Å². The maximum atomic E-state index is 12.6. The first kappa shape index (κ1) is 24.3. The number of amides is 1. The molecule has 180 valence electrons. The number of halogens is 1. The van der Waals surface area contributed by atoms with E-state index in [1.54, 1.807) is 19.2 Å². The van der Waals surface area contributed by atoms with Crippen LogP contribution in [0.25, 0.3) is 11.1 Å². The molecule has 0 bridgehead atoms. The highest BCUT2D eigenvalue weighted by Crippen LogP contribution is 2.40. The van der Waals surface area contributed by atoms with E-state index in [0.29, 0.717) is 11.5 Å². The monoisotopic (exact) mass is 527 g/mol. The van der Waals surface area contributed by atoms with Gasteiger partial charge in [-0.3, -0.25) is 9.59 Å². The molecule has 4 rings (SSSR count). The first-order chi connectivity index (χ1) is 16.3. The molecule has 1 unspecified atom stereocenters. The second-order valence-electron chi connectivity index (χ2n) is 9.04. The minimum Gasteiger partial charge on any atom is -0.481 e. The standard InChI is InChI=1S/C26H30BrN3O4/c1-16-23-20(12-13-21(27)29-23)34-25(16)24(17-6-4-3-5-7-17)28-19-10-8-18(9-11-19)26(33)30(2)15-14-22(31)32/h8-13,17,24,28H,3-7,14-15H2,1-2H3,(H,31,32). The molecule has 1 saturated carbocycles. The predicted molar refractivity (Wildman–Crippen MR) is 135 cm³/mol. The molecule has 2 heterocycles. The minimum atomic E-state index is -0.920. The van der Waals surface area contributed by atoms with Gasteiger partial charge in [0.1, 0.15) is 15.9 Å². The lowest BCUT2D eigenvalue weighted by atomic mass is 9.82. The Morgan fingerprint density at radius 1 is 1.18 bits per heavy atom. The fourth-order valence-electron chi connectivity index (χ4n) is 4.72. The molecule has 1 atom stereocenters. The van der Waals surface area contributed by atoms with E-state index in [2.05, 4.69) is 33.2 Å². The third-order valence-corrected chi connectivity index (χ3v) is 7.08. The number of aromatic nitrogens is 1. The summed E-state index contributed by atoms with van der Waals surface area (Å²) in [6.07, 6.45) is 5.88. The lowest BCUT2D eigenvalue weighted by molar-refractivity contribution is -0.137. The van der Waals surface area contributed by atoms with Crippen LogP contribution >= 0.6 is 15.9 Å². The van der Waals surface area contributed by atoms with Gasteiger partial charge in [-0.1, -0.05) is 19.3 Å². The third kappa shape index (κ3) is 5.43. The topological polar surface area (TPSA) is 95.7 Å². The first-order valence-corrected chi connectivity index (χ1v) is 12.5. The number of carboxylic acid groups (broad SMARTS) is 1. The molecule has 1 fully saturated rings. The van der Waals surface area contributed by atoms with E-state index in [9.17, 15) is 9.59 Å². The second-order valence-corrected chi connectivity index (χ2v) is 9.85. The normalized spacial score (nSPS) is 15.3. The average molecular weight is 528 g/mol. The van der Waals surface area contributed by atoms with E-state index in [1.807, 2.05) is 24.3 Å². The Balaban J connectivity index is 1.57. The molecule has 1 aromatic carbocycles. The van der Waals surface area contributed by atoms with Crippen LogP contribution in [0.3, 0.4) is 0 Å². The molecular formula is C26H30BrN3O4. The second kappa shape index (κ2) is 10.6. The van der Waals surface area contributed by atoms with Crippen LogP contribution in [0.1, 0.15) is 66.2 Å². The van der Waals surface area contributed by atoms with Crippen molar-refractivity contribution in [1.82, 2.24) is 9.88 Å². The summed E-state index contributed by atoms with van der Waals surface area (Å²) in [6.45, 7) is 2.24. The van der Waals surface area contributed by atoms with E-state index in [-0.39, 0.29) is 24.9 Å². The van der Waals surface area contributed by atoms with Crippen LogP contribution in [-0.4, -0.2) is 40.5 Å². The lowest BCUT2D eigenvalue weighted by Gasteiger charge is -2.31. The van der Waals surface area contributed by atoms with Crippen molar-refractivity contribution in [3.63, 3.8) is 0 Å². The Kier molecular flexibility index (Phi) is 7.56. The van der Waals surface area contributed by atoms with Crippen molar-refractivity contribution in [3.05, 3.63) is 57.9 Å². The summed E-state index contributed by atoms with van der Waals surface area (Å²) in [4.78, 5) is 29.5. The molecule has 8 heteroatoms. The van der Waals surface area contributed by atoms with E-state index >= 15 is 0 Å². The van der Waals surface area contributed by atoms with Gasteiger partial charge in [-0.05, 0) is 78.0 Å². The zero-order valence-electron chi connectivity index (χ0n) is 19.5. The van der Waals surface area contributed by atoms with E-state index in [4.69, 9.17) is 9.52 Å². The molecule has 1 aliphatic carbocycles. The quantitative estimate of drug-likeness (QED) is 0.339. The maximum absolute atomic E-state index is 12.6. The van der Waals surface area contributed by atoms with E-state index < -0.39 is 5.97 Å². The van der Waals surface area contributed by atoms with Crippen LogP contribution in [0.2, 0.25) is 0 Å². The Morgan fingerprint density at radius 3 is 2.56 bits per heavy atom. The van der Waals surface area contributed by atoms with Crippen LogP contribution < -0.4 is 5.32 Å². The van der Waals surface area contributed by atoms with Crippen LogP contribution in [0.4, 0.5) is 5.69 Å². The van der Waals surface area contributed by atoms with Gasteiger partial charge >= 0.3 is 5.97 Å². The molecule has 3 aromatic rings. The number of hydrogen-bond acceptors (Lipinski definition) is 5. The summed E-state index contributed by atoms with van der Waals surface area (Å²) < 4.78 is 7.11. The van der Waals surface area contributed by atoms with Crippen molar-refractivity contribution in [3.8, 4) is 0 Å². The number of carboxylic acids is 1. The smallest absolute Gasteiger partial charge is 0.305 e. The number of carbonyl (C=O) groups excluding carboxylic acids is 1. The average Bonchev–Trinajstić information content (AvgIpc) is 3.16. The highest BCUT2D eigenvalue weighted by atomic mass is 79.9. The number of fused-ring (bicyclic) bond motifs is 1. The molecule has 1 amide bonds. The van der Waals surface area contributed by atoms with Gasteiger partial charge in [-0.25, -0.2) is 4.98 Å². The van der Waals surface area contributed by atoms with Gasteiger partial charge < -0.3 is 19.7 Å². The highest BCUT2D eigenvalue weighted by Gasteiger charge is 2.30. The number of aliphatic carboxylic acids is 1. The zero-order valence-corrected chi connectivity index (χ0v) is 21.1. The number of carbonyl (C=O) groups is 2. The molecule has 0 spiro atoms. The van der Waals surface area contributed by atoms with E-state index in [0.717, 1.165) is 45.6 Å². The Bertz CT molecular complexity index is 1170. The molecule has 2 aromatic heterocycles. The summed E-state index contributed by atoms with van der Waals surface area (Å²) in [5.74, 6) is 0.249. The van der Waals surface area contributed by atoms with Crippen molar-refractivity contribution in [2.45, 2.75) is 51.5 Å². The SMILES string of the molecule is Cc1c(C(Nc2ccc(C(=O)N(C)CCC(=O)O)cc2)C2CCCCC2)oc2ccc(Br)nc12. The van der Waals surface area contributed by atoms with Gasteiger partial charge in [-0.2, -0.15) is 0 Å². The minimum absolute atomic E-state index is 0.00747. The van der Waals surface area contributed by atoms with Gasteiger partial charge in [0.05, 0.1) is 12.5 Å². The summed E-state index contributed by atoms with van der Waals surface area (Å²) >= 11 is 3.46. The highest BCUT2D eigenvalue weighted by molar-refractivity contribution is 9.10. The Hall–Kier alpha value is -2.87. The zero-order chi connectivity index (χ0) is 24.2. The van der Waals surface area contributed by atoms with Crippen molar-refractivity contribution < 1.29 is 19.1 Å². The predicted octanol–water partition coefficient (Wildman–Crippen LogP) is 6.18. The summed E-state index contributed by atoms with van der Waals surface area (Å²) in [5, 5.41) is 12.5. The summed E-state index contributed by atoms with van der Waals surface area (Å²) in [5.41, 5.74) is 4.14. The lowest BCUT2D eigenvalue weighted by Crippen LogP contribution is -2.29. The molecule has 1 aliphatic rings. The molecule has 0 saturated heterocycles. The van der Waals surface area contributed by atoms with Crippen molar-refractivity contribution in [2.75, 3.05) is 18.9 Å². The van der Waals surface area contributed by atoms with E-state index in [1.165, 1.54) is 24.2 Å². The fourth-order valence-corrected chi connectivity index (χ4v) is 5.03. The van der Waals surface area contributed by atoms with Crippen LogP contribution in [0.5, 0.6) is 0 Å². The van der Waals surface area contributed by atoms with Gasteiger partial charge in [0.2, 0.25) is 0 Å². The number of nitrogens with one attached hydrogen (secondary N) is 1. The molecule has 0 aliphatic heterocycles. The number of benzene rings is 1. The first-order valence-electron chi connectivity index (χ1n) is 11.7. The molecule has 34 heavy (non-hydrogen) atoms. The molecule has 2 N–H and O–H groups in total. The van der Waals surface area contributed by atoms with Gasteiger partial charge in [0, 0.05) is 30.4 Å².